The maximum Gasteiger partial charge on any atom is 0.416 e. The molecule has 0 aromatic heterocycles. The van der Waals surface area contributed by atoms with E-state index >= 15 is 0 Å². The van der Waals surface area contributed by atoms with Crippen LogP contribution in [-0.2, 0) is 15.8 Å². The number of halogens is 3. The average Bonchev–Trinajstić information content (AvgIpc) is 3.56. The molecule has 6 nitrogen and oxygen atoms in total. The molecule has 0 saturated carbocycles. The number of benzene rings is 3. The first-order chi connectivity index (χ1) is 17.8. The number of amides is 4. The van der Waals surface area contributed by atoms with Crippen LogP contribution in [0.5, 0.6) is 0 Å². The highest BCUT2D eigenvalue weighted by atomic mass is 19.4. The first kappa shape index (κ1) is 23.3. The Balaban J connectivity index is 1.32. The standard InChI is InChI=1S/C28H22F3N3O3/c29-28(30,31)19-12-7-13-20(14-19)34-26(36)24-22-15-21(33(24)27(34)37)16-32(22)25(35)23(17-8-3-1-4-9-17)18-10-5-2-6-11-18/h1-14,21-24H,15-16H2/t21?,22-,24-/m1/s1. The van der Waals surface area contributed by atoms with Crippen molar-refractivity contribution in [3.8, 4) is 0 Å². The predicted octanol–water partition coefficient (Wildman–Crippen LogP) is 4.66. The first-order valence-electron chi connectivity index (χ1n) is 12.0. The molecule has 0 aliphatic carbocycles. The second-order valence-corrected chi connectivity index (χ2v) is 9.56. The van der Waals surface area contributed by atoms with Gasteiger partial charge in [-0.1, -0.05) is 66.7 Å². The zero-order valence-corrected chi connectivity index (χ0v) is 19.5. The smallest absolute Gasteiger partial charge is 0.334 e. The Morgan fingerprint density at radius 3 is 2.08 bits per heavy atom. The number of carbonyl (C=O) groups is 3. The molecule has 3 aromatic carbocycles. The third kappa shape index (κ3) is 3.68. The first-order valence-corrected chi connectivity index (χ1v) is 12.0. The van der Waals surface area contributed by atoms with Gasteiger partial charge in [-0.15, -0.1) is 0 Å². The summed E-state index contributed by atoms with van der Waals surface area (Å²) < 4.78 is 39.8. The summed E-state index contributed by atoms with van der Waals surface area (Å²) in [5.41, 5.74) is 0.574. The number of likely N-dealkylation sites (tertiary alicyclic amines) is 1. The van der Waals surface area contributed by atoms with Gasteiger partial charge in [0.05, 0.1) is 29.3 Å². The van der Waals surface area contributed by atoms with Gasteiger partial charge in [0.25, 0.3) is 5.91 Å². The molecule has 6 rings (SSSR count). The summed E-state index contributed by atoms with van der Waals surface area (Å²) in [7, 11) is 0. The summed E-state index contributed by atoms with van der Waals surface area (Å²) in [6.07, 6.45) is -4.15. The van der Waals surface area contributed by atoms with Gasteiger partial charge in [0.2, 0.25) is 5.91 Å². The highest BCUT2D eigenvalue weighted by Gasteiger charge is 2.63. The average molecular weight is 505 g/mol. The van der Waals surface area contributed by atoms with Crippen molar-refractivity contribution in [1.29, 1.82) is 0 Å². The Bertz CT molecular complexity index is 1340. The summed E-state index contributed by atoms with van der Waals surface area (Å²) in [5, 5.41) is 0. The molecule has 4 amide bonds. The van der Waals surface area contributed by atoms with E-state index in [1.165, 1.54) is 17.0 Å². The van der Waals surface area contributed by atoms with Crippen molar-refractivity contribution in [2.75, 3.05) is 11.4 Å². The lowest BCUT2D eigenvalue weighted by Gasteiger charge is -2.37. The molecule has 0 spiro atoms. The zero-order chi connectivity index (χ0) is 25.9. The quantitative estimate of drug-likeness (QED) is 0.485. The van der Waals surface area contributed by atoms with Crippen LogP contribution < -0.4 is 4.90 Å². The summed E-state index contributed by atoms with van der Waals surface area (Å²) in [5.74, 6) is -1.35. The van der Waals surface area contributed by atoms with E-state index in [0.717, 1.165) is 28.2 Å². The number of carbonyl (C=O) groups excluding carboxylic acids is 3. The van der Waals surface area contributed by atoms with Gasteiger partial charge >= 0.3 is 12.2 Å². The van der Waals surface area contributed by atoms with Crippen LogP contribution in [0.4, 0.5) is 23.7 Å². The highest BCUT2D eigenvalue weighted by molar-refractivity contribution is 6.22. The third-order valence-electron chi connectivity index (χ3n) is 7.49. The van der Waals surface area contributed by atoms with E-state index in [1.54, 1.807) is 4.90 Å². The Morgan fingerprint density at radius 1 is 0.865 bits per heavy atom. The lowest BCUT2D eigenvalue weighted by atomic mass is 9.89. The molecule has 3 aromatic rings. The van der Waals surface area contributed by atoms with Crippen molar-refractivity contribution in [2.24, 2.45) is 0 Å². The van der Waals surface area contributed by atoms with Gasteiger partial charge in [0.15, 0.2) is 0 Å². The number of imide groups is 1. The second-order valence-electron chi connectivity index (χ2n) is 9.56. The number of urea groups is 1. The van der Waals surface area contributed by atoms with E-state index in [0.29, 0.717) is 6.42 Å². The van der Waals surface area contributed by atoms with Crippen molar-refractivity contribution in [1.82, 2.24) is 9.80 Å². The minimum atomic E-state index is -4.61. The van der Waals surface area contributed by atoms with Crippen molar-refractivity contribution in [2.45, 2.75) is 36.6 Å². The molecule has 37 heavy (non-hydrogen) atoms. The van der Waals surface area contributed by atoms with Crippen LogP contribution in [0.2, 0.25) is 0 Å². The summed E-state index contributed by atoms with van der Waals surface area (Å²) >= 11 is 0. The Kier molecular flexibility index (Phi) is 5.33. The van der Waals surface area contributed by atoms with Crippen LogP contribution in [0.25, 0.3) is 0 Å². The Morgan fingerprint density at radius 2 is 1.49 bits per heavy atom. The molecule has 3 aliphatic heterocycles. The number of nitrogens with zero attached hydrogens (tertiary/aromatic N) is 3. The van der Waals surface area contributed by atoms with Gasteiger partial charge in [-0.25, -0.2) is 9.69 Å². The SMILES string of the molecule is O=C1[C@H]2[C@H]3CC(CN3C(=O)C(c3ccccc3)c3ccccc3)N2C(=O)N1c1cccc(C(F)(F)F)c1. The molecule has 1 unspecified atom stereocenters. The van der Waals surface area contributed by atoms with E-state index in [2.05, 4.69) is 0 Å². The van der Waals surface area contributed by atoms with Crippen molar-refractivity contribution < 1.29 is 27.6 Å². The van der Waals surface area contributed by atoms with Gasteiger partial charge in [0, 0.05) is 6.54 Å². The number of piperazine rings is 1. The van der Waals surface area contributed by atoms with Gasteiger partial charge in [-0.3, -0.25) is 9.59 Å². The predicted molar refractivity (Wildman–Crippen MR) is 129 cm³/mol. The second kappa shape index (κ2) is 8.47. The van der Waals surface area contributed by atoms with Crippen molar-refractivity contribution in [3.63, 3.8) is 0 Å². The van der Waals surface area contributed by atoms with Crippen molar-refractivity contribution in [3.05, 3.63) is 102 Å². The molecule has 9 heteroatoms. The number of hydrogen-bond donors (Lipinski definition) is 0. The molecule has 188 valence electrons. The molecule has 3 aliphatic rings. The van der Waals surface area contributed by atoms with Crippen LogP contribution in [0, 0.1) is 0 Å². The fourth-order valence-electron chi connectivity index (χ4n) is 5.90. The minimum Gasteiger partial charge on any atom is -0.334 e. The van der Waals surface area contributed by atoms with Crippen LogP contribution in [0.3, 0.4) is 0 Å². The van der Waals surface area contributed by atoms with E-state index in [-0.39, 0.29) is 24.2 Å². The van der Waals surface area contributed by atoms with Gasteiger partial charge in [-0.2, -0.15) is 13.2 Å². The molecule has 0 N–H and O–H groups in total. The van der Waals surface area contributed by atoms with Crippen LogP contribution in [0.15, 0.2) is 84.9 Å². The summed E-state index contributed by atoms with van der Waals surface area (Å²) in [4.78, 5) is 44.6. The third-order valence-corrected chi connectivity index (χ3v) is 7.49. The number of rotatable bonds is 4. The fraction of sp³-hybridized carbons (Fsp3) is 0.250. The molecule has 0 radical (unpaired) electrons. The summed E-state index contributed by atoms with van der Waals surface area (Å²) in [6, 6.07) is 20.5. The molecule has 3 saturated heterocycles. The van der Waals surface area contributed by atoms with Gasteiger partial charge < -0.3 is 9.80 Å². The van der Waals surface area contributed by atoms with E-state index in [9.17, 15) is 27.6 Å². The number of anilines is 1. The van der Waals surface area contributed by atoms with Crippen LogP contribution in [0.1, 0.15) is 29.0 Å². The maximum absolute atomic E-state index is 14.0. The maximum atomic E-state index is 14.0. The van der Waals surface area contributed by atoms with E-state index in [4.69, 9.17) is 0 Å². The van der Waals surface area contributed by atoms with Crippen molar-refractivity contribution >= 4 is 23.5 Å². The number of hydrogen-bond acceptors (Lipinski definition) is 3. The number of alkyl halides is 3. The van der Waals surface area contributed by atoms with Gasteiger partial charge in [-0.05, 0) is 35.7 Å². The number of fused-ring (bicyclic) bond motifs is 5. The minimum absolute atomic E-state index is 0.122. The topological polar surface area (TPSA) is 60.9 Å². The van der Waals surface area contributed by atoms with E-state index < -0.39 is 41.7 Å². The van der Waals surface area contributed by atoms with Crippen LogP contribution in [-0.4, -0.2) is 52.3 Å². The lowest BCUT2D eigenvalue weighted by Crippen LogP contribution is -2.55. The molecule has 3 heterocycles. The molecule has 3 atom stereocenters. The van der Waals surface area contributed by atoms with Gasteiger partial charge in [0.1, 0.15) is 6.04 Å². The normalized spacial score (nSPS) is 22.8. The monoisotopic (exact) mass is 505 g/mol. The molecular weight excluding hydrogens is 483 g/mol. The largest absolute Gasteiger partial charge is 0.416 e. The highest BCUT2D eigenvalue weighted by Crippen LogP contribution is 2.44. The fourth-order valence-corrected chi connectivity index (χ4v) is 5.90. The zero-order valence-electron chi connectivity index (χ0n) is 19.5. The van der Waals surface area contributed by atoms with Crippen LogP contribution >= 0.6 is 0 Å². The lowest BCUT2D eigenvalue weighted by molar-refractivity contribution is -0.138. The summed E-state index contributed by atoms with van der Waals surface area (Å²) in [6.45, 7) is 0.269. The molecule has 3 fully saturated rings. The Labute approximate surface area is 210 Å². The molecule has 2 bridgehead atoms. The molecular formula is C28H22F3N3O3. The van der Waals surface area contributed by atoms with E-state index in [1.807, 2.05) is 60.7 Å². The Hall–Kier alpha value is -4.14.